The molecule has 0 bridgehead atoms. The third-order valence-electron chi connectivity index (χ3n) is 2.87. The lowest BCUT2D eigenvalue weighted by Crippen LogP contribution is -2.21. The maximum atomic E-state index is 12.2. The molecule has 0 radical (unpaired) electrons. The number of nitrogens with zero attached hydrogens (tertiary/aromatic N) is 3. The fourth-order valence-corrected chi connectivity index (χ4v) is 1.98. The van der Waals surface area contributed by atoms with Gasteiger partial charge in [-0.05, 0) is 38.4 Å². The summed E-state index contributed by atoms with van der Waals surface area (Å²) in [5.74, 6) is 0.373. The molecule has 1 aromatic carbocycles. The van der Waals surface area contributed by atoms with Crippen LogP contribution in [0.5, 0.6) is 0 Å². The van der Waals surface area contributed by atoms with Gasteiger partial charge in [0.25, 0.3) is 5.91 Å². The van der Waals surface area contributed by atoms with Crippen LogP contribution in [0.15, 0.2) is 41.1 Å². The van der Waals surface area contributed by atoms with E-state index in [1.165, 1.54) is 6.33 Å². The number of nitrogens with one attached hydrogen (secondary N) is 2. The van der Waals surface area contributed by atoms with Gasteiger partial charge >= 0.3 is 0 Å². The average molecular weight is 364 g/mol. The van der Waals surface area contributed by atoms with Gasteiger partial charge in [0.1, 0.15) is 17.8 Å². The first-order chi connectivity index (χ1) is 10.5. The molecule has 1 heterocycles. The molecule has 0 saturated carbocycles. The number of carbonyl (C=O) groups excluding carboxylic acids is 1. The van der Waals surface area contributed by atoms with Gasteiger partial charge in [0.15, 0.2) is 0 Å². The van der Waals surface area contributed by atoms with Gasteiger partial charge in [0, 0.05) is 29.3 Å². The maximum Gasteiger partial charge on any atom is 0.274 e. The summed E-state index contributed by atoms with van der Waals surface area (Å²) in [6.07, 6.45) is 1.38. The van der Waals surface area contributed by atoms with Crippen LogP contribution in [-0.4, -0.2) is 48.0 Å². The lowest BCUT2D eigenvalue weighted by atomic mass is 10.3. The predicted octanol–water partition coefficient (Wildman–Crippen LogP) is 2.46. The number of benzene rings is 1. The van der Waals surface area contributed by atoms with Crippen molar-refractivity contribution in [3.05, 3.63) is 46.8 Å². The monoisotopic (exact) mass is 363 g/mol. The van der Waals surface area contributed by atoms with Gasteiger partial charge in [-0.25, -0.2) is 9.97 Å². The Hall–Kier alpha value is -1.99. The molecule has 2 rings (SSSR count). The van der Waals surface area contributed by atoms with Gasteiger partial charge in [-0.15, -0.1) is 0 Å². The molecular formula is C15H18BrN5O. The minimum absolute atomic E-state index is 0.264. The highest BCUT2D eigenvalue weighted by atomic mass is 79.9. The molecule has 0 aliphatic rings. The number of hydrogen-bond acceptors (Lipinski definition) is 5. The number of amides is 1. The average Bonchev–Trinajstić information content (AvgIpc) is 2.49. The Morgan fingerprint density at radius 3 is 2.64 bits per heavy atom. The summed E-state index contributed by atoms with van der Waals surface area (Å²) in [4.78, 5) is 22.4. The molecule has 0 saturated heterocycles. The van der Waals surface area contributed by atoms with Crippen LogP contribution in [0.1, 0.15) is 10.5 Å². The zero-order valence-corrected chi connectivity index (χ0v) is 14.1. The maximum absolute atomic E-state index is 12.2. The number of anilines is 2. The number of hydrogen-bond donors (Lipinski definition) is 2. The number of rotatable bonds is 6. The van der Waals surface area contributed by atoms with Gasteiger partial charge in [0.05, 0.1) is 0 Å². The van der Waals surface area contributed by atoms with Gasteiger partial charge in [-0.1, -0.05) is 15.9 Å². The third-order valence-corrected chi connectivity index (χ3v) is 3.40. The van der Waals surface area contributed by atoms with Crippen molar-refractivity contribution in [3.63, 3.8) is 0 Å². The number of likely N-dealkylation sites (N-methyl/N-ethyl adjacent to an activating group) is 1. The van der Waals surface area contributed by atoms with E-state index in [1.807, 2.05) is 38.4 Å². The first-order valence-corrected chi connectivity index (χ1v) is 7.61. The van der Waals surface area contributed by atoms with E-state index in [2.05, 4.69) is 41.4 Å². The largest absolute Gasteiger partial charge is 0.369 e. The van der Waals surface area contributed by atoms with Crippen molar-refractivity contribution in [2.75, 3.05) is 37.8 Å². The first kappa shape index (κ1) is 16.4. The Labute approximate surface area is 138 Å². The van der Waals surface area contributed by atoms with E-state index >= 15 is 0 Å². The van der Waals surface area contributed by atoms with Crippen LogP contribution in [0.4, 0.5) is 11.5 Å². The predicted molar refractivity (Wildman–Crippen MR) is 91.2 cm³/mol. The van der Waals surface area contributed by atoms with E-state index in [9.17, 15) is 4.79 Å². The Morgan fingerprint density at radius 1 is 1.23 bits per heavy atom. The highest BCUT2D eigenvalue weighted by Crippen LogP contribution is 2.15. The van der Waals surface area contributed by atoms with Crippen molar-refractivity contribution < 1.29 is 4.79 Å². The molecule has 6 nitrogen and oxygen atoms in total. The second kappa shape index (κ2) is 7.86. The molecule has 7 heteroatoms. The van der Waals surface area contributed by atoms with E-state index in [4.69, 9.17) is 0 Å². The Balaban J connectivity index is 1.99. The van der Waals surface area contributed by atoms with E-state index in [0.717, 1.165) is 17.6 Å². The fourth-order valence-electron chi connectivity index (χ4n) is 1.71. The van der Waals surface area contributed by atoms with Gasteiger partial charge in [-0.2, -0.15) is 0 Å². The molecule has 2 N–H and O–H groups in total. The van der Waals surface area contributed by atoms with Crippen LogP contribution >= 0.6 is 15.9 Å². The van der Waals surface area contributed by atoms with Gasteiger partial charge < -0.3 is 15.5 Å². The summed E-state index contributed by atoms with van der Waals surface area (Å²) in [5, 5.41) is 5.96. The summed E-state index contributed by atoms with van der Waals surface area (Å²) < 4.78 is 0.958. The molecule has 0 spiro atoms. The lowest BCUT2D eigenvalue weighted by Gasteiger charge is -2.11. The van der Waals surface area contributed by atoms with E-state index in [0.29, 0.717) is 17.2 Å². The van der Waals surface area contributed by atoms with Crippen LogP contribution in [0, 0.1) is 0 Å². The second-order valence-corrected chi connectivity index (χ2v) is 5.90. The zero-order valence-electron chi connectivity index (χ0n) is 12.5. The second-order valence-electron chi connectivity index (χ2n) is 4.98. The summed E-state index contributed by atoms with van der Waals surface area (Å²) in [7, 11) is 4.00. The van der Waals surface area contributed by atoms with E-state index in [-0.39, 0.29) is 5.91 Å². The molecular weight excluding hydrogens is 346 g/mol. The lowest BCUT2D eigenvalue weighted by molar-refractivity contribution is 0.102. The summed E-state index contributed by atoms with van der Waals surface area (Å²) in [6, 6.07) is 9.01. The first-order valence-electron chi connectivity index (χ1n) is 6.82. The minimum atomic E-state index is -0.264. The molecule has 22 heavy (non-hydrogen) atoms. The van der Waals surface area contributed by atoms with Crippen molar-refractivity contribution in [1.29, 1.82) is 0 Å². The van der Waals surface area contributed by atoms with Crippen LogP contribution in [0.25, 0.3) is 0 Å². The summed E-state index contributed by atoms with van der Waals surface area (Å²) in [6.45, 7) is 1.63. The Bertz CT molecular complexity index is 630. The van der Waals surface area contributed by atoms with Crippen molar-refractivity contribution in [2.45, 2.75) is 0 Å². The van der Waals surface area contributed by atoms with Crippen molar-refractivity contribution in [1.82, 2.24) is 14.9 Å². The molecule has 0 atom stereocenters. The fraction of sp³-hybridized carbons (Fsp3) is 0.267. The van der Waals surface area contributed by atoms with Crippen molar-refractivity contribution >= 4 is 33.3 Å². The van der Waals surface area contributed by atoms with Crippen molar-refractivity contribution in [3.8, 4) is 0 Å². The molecule has 2 aromatic rings. The molecule has 1 aromatic heterocycles. The number of aromatic nitrogens is 2. The van der Waals surface area contributed by atoms with Crippen LogP contribution in [0.3, 0.4) is 0 Å². The third kappa shape index (κ3) is 5.09. The summed E-state index contributed by atoms with van der Waals surface area (Å²) >= 11 is 3.36. The molecule has 1 amide bonds. The quantitative estimate of drug-likeness (QED) is 0.824. The standard InChI is InChI=1S/C15H18BrN5O/c1-21(2)8-7-17-14-9-13(18-10-19-14)15(22)20-12-5-3-11(16)4-6-12/h3-6,9-10H,7-8H2,1-2H3,(H,20,22)(H,17,18,19). The van der Waals surface area contributed by atoms with Crippen molar-refractivity contribution in [2.24, 2.45) is 0 Å². The van der Waals surface area contributed by atoms with E-state index in [1.54, 1.807) is 6.07 Å². The van der Waals surface area contributed by atoms with E-state index < -0.39 is 0 Å². The molecule has 0 aliphatic heterocycles. The Kier molecular flexibility index (Phi) is 5.85. The normalized spacial score (nSPS) is 10.5. The highest BCUT2D eigenvalue weighted by Gasteiger charge is 2.09. The van der Waals surface area contributed by atoms with Crippen LogP contribution in [0.2, 0.25) is 0 Å². The number of halogens is 1. The topological polar surface area (TPSA) is 70.2 Å². The number of carbonyl (C=O) groups is 1. The molecule has 0 aliphatic carbocycles. The minimum Gasteiger partial charge on any atom is -0.369 e. The van der Waals surface area contributed by atoms with Crippen LogP contribution < -0.4 is 10.6 Å². The highest BCUT2D eigenvalue weighted by molar-refractivity contribution is 9.10. The SMILES string of the molecule is CN(C)CCNc1cc(C(=O)Nc2ccc(Br)cc2)ncn1. The van der Waals surface area contributed by atoms with Gasteiger partial charge in [0.2, 0.25) is 0 Å². The summed E-state index contributed by atoms with van der Waals surface area (Å²) in [5.41, 5.74) is 1.04. The smallest absolute Gasteiger partial charge is 0.274 e. The molecule has 0 fully saturated rings. The van der Waals surface area contributed by atoms with Crippen LogP contribution in [-0.2, 0) is 0 Å². The van der Waals surface area contributed by atoms with Gasteiger partial charge in [-0.3, -0.25) is 4.79 Å². The Morgan fingerprint density at radius 2 is 1.95 bits per heavy atom. The molecule has 116 valence electrons. The molecule has 0 unspecified atom stereocenters. The zero-order chi connectivity index (χ0) is 15.9.